The molecule has 5 nitrogen and oxygen atoms in total. The first kappa shape index (κ1) is 20.8. The van der Waals surface area contributed by atoms with Crippen LogP contribution in [0.2, 0.25) is 0 Å². The quantitative estimate of drug-likeness (QED) is 0.612. The van der Waals surface area contributed by atoms with Crippen molar-refractivity contribution >= 4 is 21.6 Å². The predicted octanol–water partition coefficient (Wildman–Crippen LogP) is 4.29. The smallest absolute Gasteiger partial charge is 0.255 e. The van der Waals surface area contributed by atoms with Crippen molar-refractivity contribution in [2.45, 2.75) is 31.7 Å². The van der Waals surface area contributed by atoms with Gasteiger partial charge in [-0.3, -0.25) is 4.79 Å². The normalized spacial score (nSPS) is 11.2. The fraction of sp³-hybridized carbons (Fsp3) is 0.174. The van der Waals surface area contributed by atoms with Crippen LogP contribution in [0.5, 0.6) is 0 Å². The number of nitrogens with one attached hydrogen (secondary N) is 2. The molecule has 0 atom stereocenters. The van der Waals surface area contributed by atoms with E-state index in [-0.39, 0.29) is 17.3 Å². The number of rotatable bonds is 7. The number of carbonyl (C=O) groups is 1. The van der Waals surface area contributed by atoms with Gasteiger partial charge in [-0.1, -0.05) is 61.5 Å². The van der Waals surface area contributed by atoms with Crippen LogP contribution < -0.4 is 10.0 Å². The van der Waals surface area contributed by atoms with Crippen LogP contribution in [-0.4, -0.2) is 14.3 Å². The molecule has 29 heavy (non-hydrogen) atoms. The highest BCUT2D eigenvalue weighted by molar-refractivity contribution is 7.89. The molecule has 0 aliphatic carbocycles. The second-order valence-electron chi connectivity index (χ2n) is 6.76. The number of hydrogen-bond donors (Lipinski definition) is 2. The van der Waals surface area contributed by atoms with Gasteiger partial charge in [-0.15, -0.1) is 0 Å². The van der Waals surface area contributed by atoms with Gasteiger partial charge in [0.05, 0.1) is 4.90 Å². The summed E-state index contributed by atoms with van der Waals surface area (Å²) in [6.07, 6.45) is 0.785. The molecule has 0 aliphatic heterocycles. The minimum Gasteiger partial charge on any atom is -0.322 e. The minimum atomic E-state index is -3.76. The Kier molecular flexibility index (Phi) is 6.46. The van der Waals surface area contributed by atoms with Crippen LogP contribution in [0, 0.1) is 6.92 Å². The van der Waals surface area contributed by atoms with Crippen molar-refractivity contribution in [1.82, 2.24) is 4.72 Å². The van der Waals surface area contributed by atoms with Crippen molar-refractivity contribution in [2.75, 3.05) is 5.32 Å². The zero-order valence-electron chi connectivity index (χ0n) is 16.5. The van der Waals surface area contributed by atoms with E-state index in [4.69, 9.17) is 0 Å². The summed E-state index contributed by atoms with van der Waals surface area (Å²) in [4.78, 5) is 12.8. The largest absolute Gasteiger partial charge is 0.322 e. The van der Waals surface area contributed by atoms with Crippen LogP contribution in [0.15, 0.2) is 77.7 Å². The molecule has 0 bridgehead atoms. The maximum absolute atomic E-state index is 12.8. The molecule has 150 valence electrons. The predicted molar refractivity (Wildman–Crippen MR) is 115 cm³/mol. The Hall–Kier alpha value is -2.96. The number of benzene rings is 3. The lowest BCUT2D eigenvalue weighted by molar-refractivity contribution is 0.102. The van der Waals surface area contributed by atoms with Crippen molar-refractivity contribution in [1.29, 1.82) is 0 Å². The summed E-state index contributed by atoms with van der Waals surface area (Å²) in [5, 5.41) is 2.88. The molecular formula is C23H24N2O3S. The maximum Gasteiger partial charge on any atom is 0.255 e. The Morgan fingerprint density at radius 3 is 2.34 bits per heavy atom. The molecule has 0 radical (unpaired) electrons. The average Bonchev–Trinajstić information content (AvgIpc) is 2.73. The molecule has 3 aromatic rings. The van der Waals surface area contributed by atoms with Crippen molar-refractivity contribution in [3.8, 4) is 0 Å². The summed E-state index contributed by atoms with van der Waals surface area (Å²) in [6.45, 7) is 3.91. The lowest BCUT2D eigenvalue weighted by atomic mass is 10.1. The Morgan fingerprint density at radius 1 is 0.931 bits per heavy atom. The van der Waals surface area contributed by atoms with Crippen LogP contribution in [0.4, 0.5) is 5.69 Å². The standard InChI is InChI=1S/C23H24N2O3S/c1-3-19-11-7-8-12-21(19)25-23(26)20-14-13-17(2)22(15-20)29(27,28)24-16-18-9-5-4-6-10-18/h4-15,24H,3,16H2,1-2H3,(H,25,26). The average molecular weight is 409 g/mol. The monoisotopic (exact) mass is 408 g/mol. The van der Waals surface area contributed by atoms with Crippen LogP contribution in [0.3, 0.4) is 0 Å². The number of amides is 1. The number of aryl methyl sites for hydroxylation is 2. The Bertz CT molecular complexity index is 1110. The summed E-state index contributed by atoms with van der Waals surface area (Å²) in [7, 11) is -3.76. The van der Waals surface area contributed by atoms with E-state index in [9.17, 15) is 13.2 Å². The lowest BCUT2D eigenvalue weighted by Crippen LogP contribution is -2.24. The molecule has 0 aromatic heterocycles. The molecule has 0 fully saturated rings. The second kappa shape index (κ2) is 9.03. The first-order valence-electron chi connectivity index (χ1n) is 9.44. The summed E-state index contributed by atoms with van der Waals surface area (Å²) in [5.74, 6) is -0.342. The Labute approximate surface area is 171 Å². The van der Waals surface area contributed by atoms with Crippen LogP contribution in [0.1, 0.15) is 34.0 Å². The number of carbonyl (C=O) groups excluding carboxylic acids is 1. The van der Waals surface area contributed by atoms with E-state index >= 15 is 0 Å². The Morgan fingerprint density at radius 2 is 1.62 bits per heavy atom. The summed E-state index contributed by atoms with van der Waals surface area (Å²) in [5.41, 5.74) is 3.48. The van der Waals surface area contributed by atoms with Gasteiger partial charge in [0.2, 0.25) is 10.0 Å². The third kappa shape index (κ3) is 5.10. The fourth-order valence-electron chi connectivity index (χ4n) is 3.03. The van der Waals surface area contributed by atoms with E-state index in [2.05, 4.69) is 10.0 Å². The van der Waals surface area contributed by atoms with Crippen molar-refractivity contribution in [3.63, 3.8) is 0 Å². The van der Waals surface area contributed by atoms with Crippen LogP contribution >= 0.6 is 0 Å². The van der Waals surface area contributed by atoms with Crippen molar-refractivity contribution < 1.29 is 13.2 Å². The molecule has 3 rings (SSSR count). The molecule has 6 heteroatoms. The zero-order valence-corrected chi connectivity index (χ0v) is 17.3. The van der Waals surface area contributed by atoms with E-state index in [0.717, 1.165) is 23.2 Å². The summed E-state index contributed by atoms with van der Waals surface area (Å²) < 4.78 is 28.2. The highest BCUT2D eigenvalue weighted by Gasteiger charge is 2.19. The molecule has 0 aliphatic rings. The van der Waals surface area contributed by atoms with E-state index in [0.29, 0.717) is 11.1 Å². The van der Waals surface area contributed by atoms with E-state index < -0.39 is 10.0 Å². The minimum absolute atomic E-state index is 0.102. The van der Waals surface area contributed by atoms with Gasteiger partial charge < -0.3 is 5.32 Å². The van der Waals surface area contributed by atoms with Gasteiger partial charge in [0.15, 0.2) is 0 Å². The van der Waals surface area contributed by atoms with Crippen LogP contribution in [0.25, 0.3) is 0 Å². The second-order valence-corrected chi connectivity index (χ2v) is 8.49. The van der Waals surface area contributed by atoms with Crippen molar-refractivity contribution in [2.24, 2.45) is 0 Å². The zero-order chi connectivity index (χ0) is 20.9. The Balaban J connectivity index is 1.82. The molecule has 0 heterocycles. The highest BCUT2D eigenvalue weighted by atomic mass is 32.2. The SMILES string of the molecule is CCc1ccccc1NC(=O)c1ccc(C)c(S(=O)(=O)NCc2ccccc2)c1. The van der Waals surface area contributed by atoms with Crippen LogP contribution in [-0.2, 0) is 23.0 Å². The van der Waals surface area contributed by atoms with Crippen molar-refractivity contribution in [3.05, 3.63) is 95.1 Å². The third-order valence-corrected chi connectivity index (χ3v) is 6.24. The summed E-state index contributed by atoms with van der Waals surface area (Å²) >= 11 is 0. The first-order chi connectivity index (χ1) is 13.9. The van der Waals surface area contributed by atoms with E-state index in [1.165, 1.54) is 6.07 Å². The highest BCUT2D eigenvalue weighted by Crippen LogP contribution is 2.20. The van der Waals surface area contributed by atoms with Gasteiger partial charge in [0.25, 0.3) is 5.91 Å². The number of para-hydroxylation sites is 1. The number of hydrogen-bond acceptors (Lipinski definition) is 3. The van der Waals surface area contributed by atoms with Gasteiger partial charge in [0.1, 0.15) is 0 Å². The molecule has 2 N–H and O–H groups in total. The van der Waals surface area contributed by atoms with E-state index in [1.807, 2.05) is 61.5 Å². The molecule has 1 amide bonds. The fourth-order valence-corrected chi connectivity index (χ4v) is 4.31. The number of sulfonamides is 1. The van der Waals surface area contributed by atoms with Gasteiger partial charge in [0, 0.05) is 17.8 Å². The number of anilines is 1. The summed E-state index contributed by atoms with van der Waals surface area (Å²) in [6, 6.07) is 21.6. The molecule has 0 saturated carbocycles. The van der Waals surface area contributed by atoms with E-state index in [1.54, 1.807) is 19.1 Å². The molecule has 0 saturated heterocycles. The molecular weight excluding hydrogens is 384 g/mol. The lowest BCUT2D eigenvalue weighted by Gasteiger charge is -2.13. The maximum atomic E-state index is 12.8. The molecule has 0 unspecified atom stereocenters. The first-order valence-corrected chi connectivity index (χ1v) is 10.9. The molecule has 0 spiro atoms. The molecule has 3 aromatic carbocycles. The third-order valence-electron chi connectivity index (χ3n) is 4.70. The van der Waals surface area contributed by atoms with Gasteiger partial charge in [-0.2, -0.15) is 0 Å². The van der Waals surface area contributed by atoms with Gasteiger partial charge >= 0.3 is 0 Å². The van der Waals surface area contributed by atoms with Gasteiger partial charge in [-0.05, 0) is 48.2 Å². The van der Waals surface area contributed by atoms with Gasteiger partial charge in [-0.25, -0.2) is 13.1 Å². The topological polar surface area (TPSA) is 75.3 Å².